The molecule has 92 valence electrons. The Morgan fingerprint density at radius 1 is 1.41 bits per heavy atom. The summed E-state index contributed by atoms with van der Waals surface area (Å²) in [5, 5.41) is 2.99. The number of amides is 1. The van der Waals surface area contributed by atoms with Crippen LogP contribution < -0.4 is 5.32 Å². The molecule has 1 aliphatic rings. The Kier molecular flexibility index (Phi) is 4.39. The first-order valence-electron chi connectivity index (χ1n) is 5.90. The fourth-order valence-corrected chi connectivity index (χ4v) is 2.52. The smallest absolute Gasteiger partial charge is 0.228 e. The molecule has 1 atom stereocenters. The summed E-state index contributed by atoms with van der Waals surface area (Å²) >= 11 is 2.26. The summed E-state index contributed by atoms with van der Waals surface area (Å²) in [6.45, 7) is 1.98. The number of likely N-dealkylation sites (tertiary alicyclic amines) is 1. The van der Waals surface area contributed by atoms with Crippen LogP contribution in [0.15, 0.2) is 24.3 Å². The number of benzene rings is 1. The van der Waals surface area contributed by atoms with Crippen molar-refractivity contribution in [2.24, 2.45) is 5.92 Å². The Bertz CT molecular complexity index is 391. The summed E-state index contributed by atoms with van der Waals surface area (Å²) in [6, 6.07) is 7.91. The SMILES string of the molecule is CN1CCC[C@H](C(=O)Nc2ccc(I)cc2)C1. The van der Waals surface area contributed by atoms with Crippen molar-refractivity contribution >= 4 is 34.2 Å². The Balaban J connectivity index is 1.94. The molecule has 1 aromatic rings. The van der Waals surface area contributed by atoms with Crippen LogP contribution in [0, 0.1) is 9.49 Å². The van der Waals surface area contributed by atoms with Gasteiger partial charge in [0.05, 0.1) is 5.92 Å². The lowest BCUT2D eigenvalue weighted by Gasteiger charge is -2.28. The van der Waals surface area contributed by atoms with Crippen molar-refractivity contribution in [2.75, 3.05) is 25.5 Å². The van der Waals surface area contributed by atoms with Gasteiger partial charge >= 0.3 is 0 Å². The number of piperidine rings is 1. The lowest BCUT2D eigenvalue weighted by atomic mass is 9.97. The molecule has 1 heterocycles. The van der Waals surface area contributed by atoms with Crippen molar-refractivity contribution in [3.63, 3.8) is 0 Å². The highest BCUT2D eigenvalue weighted by molar-refractivity contribution is 14.1. The molecular formula is C13H17IN2O. The number of carbonyl (C=O) groups is 1. The van der Waals surface area contributed by atoms with E-state index < -0.39 is 0 Å². The summed E-state index contributed by atoms with van der Waals surface area (Å²) in [4.78, 5) is 14.3. The van der Waals surface area contributed by atoms with E-state index in [0.29, 0.717) is 0 Å². The van der Waals surface area contributed by atoms with Gasteiger partial charge in [-0.15, -0.1) is 0 Å². The van der Waals surface area contributed by atoms with Crippen LogP contribution in [0.5, 0.6) is 0 Å². The maximum absolute atomic E-state index is 12.1. The standard InChI is InChI=1S/C13H17IN2O/c1-16-8-2-3-10(9-16)13(17)15-12-6-4-11(14)5-7-12/h4-7,10H,2-3,8-9H2,1H3,(H,15,17)/t10-/m0/s1. The summed E-state index contributed by atoms with van der Waals surface area (Å²) in [5.41, 5.74) is 0.892. The minimum atomic E-state index is 0.132. The van der Waals surface area contributed by atoms with Crippen LogP contribution >= 0.6 is 22.6 Å². The maximum Gasteiger partial charge on any atom is 0.228 e. The van der Waals surface area contributed by atoms with Gasteiger partial charge in [-0.3, -0.25) is 4.79 Å². The van der Waals surface area contributed by atoms with Gasteiger partial charge in [0.25, 0.3) is 0 Å². The summed E-state index contributed by atoms with van der Waals surface area (Å²) in [6.07, 6.45) is 2.11. The van der Waals surface area contributed by atoms with Gasteiger partial charge in [0.15, 0.2) is 0 Å². The van der Waals surface area contributed by atoms with Gasteiger partial charge in [0, 0.05) is 15.8 Å². The van der Waals surface area contributed by atoms with E-state index in [9.17, 15) is 4.79 Å². The van der Waals surface area contributed by atoms with E-state index in [1.165, 1.54) is 3.57 Å². The number of carbonyl (C=O) groups excluding carboxylic acids is 1. The molecule has 1 aromatic carbocycles. The fourth-order valence-electron chi connectivity index (χ4n) is 2.16. The number of hydrogen-bond donors (Lipinski definition) is 1. The Labute approximate surface area is 116 Å². The largest absolute Gasteiger partial charge is 0.326 e. The van der Waals surface area contributed by atoms with E-state index >= 15 is 0 Å². The van der Waals surface area contributed by atoms with Crippen molar-refractivity contribution in [3.05, 3.63) is 27.8 Å². The highest BCUT2D eigenvalue weighted by Crippen LogP contribution is 2.18. The number of anilines is 1. The average molecular weight is 344 g/mol. The molecular weight excluding hydrogens is 327 g/mol. The zero-order valence-electron chi connectivity index (χ0n) is 9.95. The van der Waals surface area contributed by atoms with Gasteiger partial charge in [-0.1, -0.05) is 0 Å². The molecule has 1 N–H and O–H groups in total. The first kappa shape index (κ1) is 12.8. The molecule has 0 spiro atoms. The zero-order valence-corrected chi connectivity index (χ0v) is 12.1. The minimum absolute atomic E-state index is 0.132. The third kappa shape index (κ3) is 3.67. The molecule has 0 aliphatic carbocycles. The molecule has 1 amide bonds. The number of rotatable bonds is 2. The van der Waals surface area contributed by atoms with Crippen LogP contribution in [0.4, 0.5) is 5.69 Å². The first-order chi connectivity index (χ1) is 8.15. The van der Waals surface area contributed by atoms with Crippen molar-refractivity contribution < 1.29 is 4.79 Å². The monoisotopic (exact) mass is 344 g/mol. The molecule has 1 fully saturated rings. The Hall–Kier alpha value is -0.620. The number of nitrogens with one attached hydrogen (secondary N) is 1. The topological polar surface area (TPSA) is 32.3 Å². The van der Waals surface area contributed by atoms with Crippen molar-refractivity contribution in [2.45, 2.75) is 12.8 Å². The van der Waals surface area contributed by atoms with Crippen LogP contribution in [0.25, 0.3) is 0 Å². The van der Waals surface area contributed by atoms with Gasteiger partial charge in [-0.05, 0) is 73.3 Å². The highest BCUT2D eigenvalue weighted by Gasteiger charge is 2.23. The molecule has 0 unspecified atom stereocenters. The molecule has 4 heteroatoms. The molecule has 3 nitrogen and oxygen atoms in total. The van der Waals surface area contributed by atoms with Crippen LogP contribution in [0.2, 0.25) is 0 Å². The number of nitrogens with zero attached hydrogens (tertiary/aromatic N) is 1. The van der Waals surface area contributed by atoms with E-state index in [1.807, 2.05) is 24.3 Å². The molecule has 0 bridgehead atoms. The molecule has 1 aliphatic heterocycles. The molecule has 0 radical (unpaired) electrons. The second-order valence-corrected chi connectivity index (χ2v) is 5.84. The van der Waals surface area contributed by atoms with Crippen molar-refractivity contribution in [3.8, 4) is 0 Å². The molecule has 17 heavy (non-hydrogen) atoms. The second kappa shape index (κ2) is 5.82. The lowest BCUT2D eigenvalue weighted by Crippen LogP contribution is -2.38. The predicted molar refractivity (Wildman–Crippen MR) is 78.0 cm³/mol. The zero-order chi connectivity index (χ0) is 12.3. The van der Waals surface area contributed by atoms with Gasteiger partial charge in [-0.2, -0.15) is 0 Å². The fraction of sp³-hybridized carbons (Fsp3) is 0.462. The molecule has 0 saturated carbocycles. The van der Waals surface area contributed by atoms with Gasteiger partial charge in [0.2, 0.25) is 5.91 Å². The third-order valence-corrected chi connectivity index (χ3v) is 3.83. The summed E-state index contributed by atoms with van der Waals surface area (Å²) in [7, 11) is 2.07. The lowest BCUT2D eigenvalue weighted by molar-refractivity contribution is -0.121. The van der Waals surface area contributed by atoms with Crippen LogP contribution in [-0.4, -0.2) is 30.9 Å². The van der Waals surface area contributed by atoms with E-state index in [4.69, 9.17) is 0 Å². The van der Waals surface area contributed by atoms with E-state index in [0.717, 1.165) is 31.6 Å². The molecule has 2 rings (SSSR count). The normalized spacial score (nSPS) is 21.2. The predicted octanol–water partition coefficient (Wildman–Crippen LogP) is 2.57. The summed E-state index contributed by atoms with van der Waals surface area (Å²) in [5.74, 6) is 0.283. The third-order valence-electron chi connectivity index (χ3n) is 3.11. The van der Waals surface area contributed by atoms with Crippen molar-refractivity contribution in [1.82, 2.24) is 4.90 Å². The minimum Gasteiger partial charge on any atom is -0.326 e. The van der Waals surface area contributed by atoms with Gasteiger partial charge < -0.3 is 10.2 Å². The Morgan fingerprint density at radius 3 is 2.76 bits per heavy atom. The second-order valence-electron chi connectivity index (χ2n) is 4.60. The van der Waals surface area contributed by atoms with Gasteiger partial charge in [0.1, 0.15) is 0 Å². The molecule has 0 aromatic heterocycles. The van der Waals surface area contributed by atoms with Crippen LogP contribution in [0.1, 0.15) is 12.8 Å². The van der Waals surface area contributed by atoms with E-state index in [2.05, 4.69) is 39.9 Å². The van der Waals surface area contributed by atoms with Crippen molar-refractivity contribution in [1.29, 1.82) is 0 Å². The maximum atomic E-state index is 12.1. The van der Waals surface area contributed by atoms with Gasteiger partial charge in [-0.25, -0.2) is 0 Å². The molecule has 1 saturated heterocycles. The average Bonchev–Trinajstić information content (AvgIpc) is 2.32. The van der Waals surface area contributed by atoms with E-state index in [-0.39, 0.29) is 11.8 Å². The number of hydrogen-bond acceptors (Lipinski definition) is 2. The highest BCUT2D eigenvalue weighted by atomic mass is 127. The first-order valence-corrected chi connectivity index (χ1v) is 6.98. The van der Waals surface area contributed by atoms with Crippen LogP contribution in [0.3, 0.4) is 0 Å². The van der Waals surface area contributed by atoms with Crippen LogP contribution in [-0.2, 0) is 4.79 Å². The number of halogens is 1. The van der Waals surface area contributed by atoms with E-state index in [1.54, 1.807) is 0 Å². The Morgan fingerprint density at radius 2 is 2.12 bits per heavy atom. The summed E-state index contributed by atoms with van der Waals surface area (Å²) < 4.78 is 1.18. The quantitative estimate of drug-likeness (QED) is 0.837.